The molecule has 4 N–H and O–H groups in total. The van der Waals surface area contributed by atoms with Crippen LogP contribution < -0.4 is 0 Å². The van der Waals surface area contributed by atoms with Gasteiger partial charge in [0.1, 0.15) is 12.2 Å². The van der Waals surface area contributed by atoms with Crippen LogP contribution in [0.4, 0.5) is 0 Å². The third-order valence-electron chi connectivity index (χ3n) is 4.58. The molecule has 0 spiro atoms. The number of rotatable bonds is 6. The quantitative estimate of drug-likeness (QED) is 0.389. The summed E-state index contributed by atoms with van der Waals surface area (Å²) in [5.74, 6) is -0.0708. The Morgan fingerprint density at radius 1 is 0.567 bits per heavy atom. The Morgan fingerprint density at radius 2 is 0.867 bits per heavy atom. The summed E-state index contributed by atoms with van der Waals surface area (Å²) < 4.78 is 0. The summed E-state index contributed by atoms with van der Waals surface area (Å²) in [7, 11) is 0. The Hall–Kier alpha value is -0.560. The van der Waals surface area contributed by atoms with Gasteiger partial charge in [0, 0.05) is 31.2 Å². The van der Waals surface area contributed by atoms with Gasteiger partial charge in [-0.2, -0.15) is 0 Å². The Kier molecular flexibility index (Phi) is 11.4. The second kappa shape index (κ2) is 12.5. The van der Waals surface area contributed by atoms with E-state index in [9.17, 15) is 20.4 Å². The average Bonchev–Trinajstić information content (AvgIpc) is 2.66. The van der Waals surface area contributed by atoms with Crippen molar-refractivity contribution in [1.29, 1.82) is 0 Å². The van der Waals surface area contributed by atoms with Crippen LogP contribution in [0.2, 0.25) is 20.1 Å². The number of hydrogen-bond acceptors (Lipinski definition) is 4. The molecule has 0 aliphatic carbocycles. The first-order valence-corrected chi connectivity index (χ1v) is 11.0. The molecule has 0 saturated carbocycles. The highest BCUT2D eigenvalue weighted by atomic mass is 35.5. The fourth-order valence-electron chi connectivity index (χ4n) is 2.58. The first-order valence-electron chi connectivity index (χ1n) is 9.48. The molecule has 0 radical (unpaired) electrons. The highest BCUT2D eigenvalue weighted by molar-refractivity contribution is 6.35. The van der Waals surface area contributed by atoms with Crippen molar-refractivity contribution >= 4 is 46.4 Å². The third kappa shape index (κ3) is 7.85. The Balaban J connectivity index is 0.000000300. The van der Waals surface area contributed by atoms with Gasteiger partial charge in [-0.3, -0.25) is 0 Å². The SMILES string of the molecule is CC(C)[C@@H](O)[C@H](O)c1ccc(Cl)cc1Cl.CC(C)[C@H](O)[C@@H](O)c1ccc(Cl)cc1Cl. The van der Waals surface area contributed by atoms with Crippen molar-refractivity contribution in [2.75, 3.05) is 0 Å². The molecule has 0 aromatic heterocycles. The lowest BCUT2D eigenvalue weighted by Crippen LogP contribution is -2.24. The largest absolute Gasteiger partial charge is 0.390 e. The summed E-state index contributed by atoms with van der Waals surface area (Å²) in [6, 6.07) is 9.63. The van der Waals surface area contributed by atoms with Crippen LogP contribution in [0.1, 0.15) is 51.0 Å². The van der Waals surface area contributed by atoms with E-state index in [4.69, 9.17) is 46.4 Å². The molecule has 0 amide bonds. The molecule has 168 valence electrons. The second-order valence-corrected chi connectivity index (χ2v) is 9.38. The predicted molar refractivity (Wildman–Crippen MR) is 125 cm³/mol. The summed E-state index contributed by atoms with van der Waals surface area (Å²) in [6.45, 7) is 7.32. The van der Waals surface area contributed by atoms with Crippen LogP contribution in [0.3, 0.4) is 0 Å². The molecular weight excluding hydrogens is 470 g/mol. The normalized spacial score (nSPS) is 15.4. The molecule has 0 heterocycles. The fraction of sp³-hybridized carbons (Fsp3) is 0.455. The van der Waals surface area contributed by atoms with E-state index in [1.54, 1.807) is 36.4 Å². The van der Waals surface area contributed by atoms with Crippen LogP contribution in [-0.4, -0.2) is 32.6 Å². The number of aliphatic hydroxyl groups is 4. The van der Waals surface area contributed by atoms with Crippen molar-refractivity contribution in [2.24, 2.45) is 11.8 Å². The molecule has 0 aliphatic rings. The first-order chi connectivity index (χ1) is 13.9. The van der Waals surface area contributed by atoms with Crippen LogP contribution in [0.25, 0.3) is 0 Å². The van der Waals surface area contributed by atoms with E-state index in [0.29, 0.717) is 31.2 Å². The summed E-state index contributed by atoms with van der Waals surface area (Å²) >= 11 is 23.3. The zero-order chi connectivity index (χ0) is 23.2. The Labute approximate surface area is 198 Å². The van der Waals surface area contributed by atoms with Crippen molar-refractivity contribution in [3.8, 4) is 0 Å². The lowest BCUT2D eigenvalue weighted by atomic mass is 9.96. The monoisotopic (exact) mass is 496 g/mol. The molecule has 30 heavy (non-hydrogen) atoms. The van der Waals surface area contributed by atoms with E-state index in [1.807, 2.05) is 27.7 Å². The van der Waals surface area contributed by atoms with Gasteiger partial charge in [0.15, 0.2) is 0 Å². The van der Waals surface area contributed by atoms with E-state index in [2.05, 4.69) is 0 Å². The zero-order valence-electron chi connectivity index (χ0n) is 17.2. The van der Waals surface area contributed by atoms with Crippen LogP contribution in [0.5, 0.6) is 0 Å². The Bertz CT molecular complexity index is 746. The average molecular weight is 498 g/mol. The molecule has 0 fully saturated rings. The molecule has 4 nitrogen and oxygen atoms in total. The molecule has 4 atom stereocenters. The summed E-state index contributed by atoms with van der Waals surface area (Å²) in [6.07, 6.45) is -3.61. The molecule has 8 heteroatoms. The number of hydrogen-bond donors (Lipinski definition) is 4. The third-order valence-corrected chi connectivity index (χ3v) is 5.70. The maximum absolute atomic E-state index is 9.85. The molecule has 0 unspecified atom stereocenters. The van der Waals surface area contributed by atoms with Gasteiger partial charge in [0.05, 0.1) is 12.2 Å². The van der Waals surface area contributed by atoms with Gasteiger partial charge in [-0.1, -0.05) is 86.2 Å². The van der Waals surface area contributed by atoms with Gasteiger partial charge in [-0.25, -0.2) is 0 Å². The Morgan fingerprint density at radius 3 is 1.10 bits per heavy atom. The predicted octanol–water partition coefficient (Wildman–Crippen LogP) is 6.09. The summed E-state index contributed by atoms with van der Waals surface area (Å²) in [5.41, 5.74) is 1.00. The molecule has 2 aromatic rings. The molecule has 0 bridgehead atoms. The molecule has 0 saturated heterocycles. The minimum absolute atomic E-state index is 0.0354. The topological polar surface area (TPSA) is 80.9 Å². The van der Waals surface area contributed by atoms with Crippen molar-refractivity contribution in [2.45, 2.75) is 52.1 Å². The summed E-state index contributed by atoms with van der Waals surface area (Å²) in [4.78, 5) is 0. The van der Waals surface area contributed by atoms with Gasteiger partial charge in [0.25, 0.3) is 0 Å². The molecule has 2 rings (SSSR count). The maximum Gasteiger partial charge on any atom is 0.107 e. The van der Waals surface area contributed by atoms with Gasteiger partial charge < -0.3 is 20.4 Å². The minimum Gasteiger partial charge on any atom is -0.390 e. The fourth-order valence-corrected chi connectivity index (χ4v) is 3.62. The van der Waals surface area contributed by atoms with Gasteiger partial charge >= 0.3 is 0 Å². The van der Waals surface area contributed by atoms with Gasteiger partial charge in [0.2, 0.25) is 0 Å². The van der Waals surface area contributed by atoms with E-state index < -0.39 is 24.4 Å². The van der Waals surface area contributed by atoms with E-state index in [0.717, 1.165) is 0 Å². The van der Waals surface area contributed by atoms with Crippen molar-refractivity contribution in [1.82, 2.24) is 0 Å². The van der Waals surface area contributed by atoms with E-state index >= 15 is 0 Å². The highest BCUT2D eigenvalue weighted by Crippen LogP contribution is 2.31. The number of halogens is 4. The number of benzene rings is 2. The van der Waals surface area contributed by atoms with E-state index in [1.165, 1.54) is 0 Å². The van der Waals surface area contributed by atoms with Crippen molar-refractivity contribution in [3.63, 3.8) is 0 Å². The lowest BCUT2D eigenvalue weighted by molar-refractivity contribution is -0.00934. The van der Waals surface area contributed by atoms with Crippen molar-refractivity contribution < 1.29 is 20.4 Å². The van der Waals surface area contributed by atoms with Crippen LogP contribution in [0, 0.1) is 11.8 Å². The second-order valence-electron chi connectivity index (χ2n) is 7.69. The van der Waals surface area contributed by atoms with Crippen LogP contribution in [-0.2, 0) is 0 Å². The van der Waals surface area contributed by atoms with Crippen LogP contribution >= 0.6 is 46.4 Å². The molecular formula is C22H28Cl4O4. The smallest absolute Gasteiger partial charge is 0.107 e. The highest BCUT2D eigenvalue weighted by Gasteiger charge is 2.24. The summed E-state index contributed by atoms with van der Waals surface area (Å²) in [5, 5.41) is 40.9. The van der Waals surface area contributed by atoms with Gasteiger partial charge in [-0.15, -0.1) is 0 Å². The standard InChI is InChI=1S/2C11H14Cl2O2/c2*1-6(2)10(14)11(15)8-4-3-7(12)5-9(8)13/h2*3-6,10-11,14-15H,1-2H3/t2*10-,11-/m10/s1. The maximum atomic E-state index is 9.85. The van der Waals surface area contributed by atoms with Crippen molar-refractivity contribution in [3.05, 3.63) is 67.6 Å². The lowest BCUT2D eigenvalue weighted by Gasteiger charge is -2.22. The van der Waals surface area contributed by atoms with Crippen LogP contribution in [0.15, 0.2) is 36.4 Å². The number of aliphatic hydroxyl groups excluding tert-OH is 4. The molecule has 0 aliphatic heterocycles. The van der Waals surface area contributed by atoms with Gasteiger partial charge in [-0.05, 0) is 36.1 Å². The molecule has 2 aromatic carbocycles. The minimum atomic E-state index is -0.977. The first kappa shape index (κ1) is 27.5. The van der Waals surface area contributed by atoms with E-state index in [-0.39, 0.29) is 11.8 Å². The zero-order valence-corrected chi connectivity index (χ0v) is 20.3.